The fourth-order valence-corrected chi connectivity index (χ4v) is 3.41. The minimum Gasteiger partial charge on any atom is -1.00 e. The summed E-state index contributed by atoms with van der Waals surface area (Å²) < 4.78 is 3.31. The zero-order chi connectivity index (χ0) is 18.4. The molecule has 0 unspecified atom stereocenters. The second-order valence-corrected chi connectivity index (χ2v) is 7.99. The standard InChI is InChI=1S/C24H30N2.2BrH/c1-26(2,3)20-10-17-25-18-15-23(16-19-25)24(21-11-6-4-7-12-21)22-13-8-5-9-14-22;;/h4-9,11-16,18-19,24H,10,17,20H2,1-3H3;2*1H/q+2;;/p-2. The number of aromatic nitrogens is 1. The Kier molecular flexibility index (Phi) is 10.1. The van der Waals surface area contributed by atoms with Crippen LogP contribution in [-0.4, -0.2) is 32.2 Å². The molecule has 0 N–H and O–H groups in total. The average Bonchev–Trinajstić information content (AvgIpc) is 2.64. The molecule has 3 rings (SSSR count). The van der Waals surface area contributed by atoms with Gasteiger partial charge < -0.3 is 38.4 Å². The van der Waals surface area contributed by atoms with Gasteiger partial charge in [0.2, 0.25) is 0 Å². The molecule has 1 aromatic heterocycles. The SMILES string of the molecule is C[N+](C)(C)CCC[n+]1ccc(C(c2ccccc2)c2ccccc2)cc1.[Br-].[Br-]. The van der Waals surface area contributed by atoms with E-state index in [4.69, 9.17) is 0 Å². The molecule has 0 radical (unpaired) electrons. The maximum atomic E-state index is 2.30. The number of hydrogen-bond acceptors (Lipinski definition) is 0. The van der Waals surface area contributed by atoms with Gasteiger partial charge in [-0.25, -0.2) is 4.57 Å². The summed E-state index contributed by atoms with van der Waals surface area (Å²) >= 11 is 0. The van der Waals surface area contributed by atoms with Crippen molar-refractivity contribution >= 4 is 0 Å². The van der Waals surface area contributed by atoms with E-state index < -0.39 is 0 Å². The lowest BCUT2D eigenvalue weighted by molar-refractivity contribution is -0.873. The summed E-state index contributed by atoms with van der Waals surface area (Å²) in [5.41, 5.74) is 4.01. The summed E-state index contributed by atoms with van der Waals surface area (Å²) in [4.78, 5) is 0. The first-order valence-corrected chi connectivity index (χ1v) is 9.42. The number of benzene rings is 2. The van der Waals surface area contributed by atoms with Crippen LogP contribution >= 0.6 is 0 Å². The van der Waals surface area contributed by atoms with Crippen LogP contribution in [0.5, 0.6) is 0 Å². The summed E-state index contributed by atoms with van der Waals surface area (Å²) in [6.45, 7) is 2.25. The van der Waals surface area contributed by atoms with Crippen LogP contribution < -0.4 is 38.5 Å². The third kappa shape index (κ3) is 7.16. The van der Waals surface area contributed by atoms with Gasteiger partial charge in [0.25, 0.3) is 0 Å². The fraction of sp³-hybridized carbons (Fsp3) is 0.292. The number of rotatable bonds is 7. The third-order valence-corrected chi connectivity index (χ3v) is 4.76. The van der Waals surface area contributed by atoms with Crippen molar-refractivity contribution in [3.63, 3.8) is 0 Å². The van der Waals surface area contributed by atoms with Crippen molar-refractivity contribution in [3.8, 4) is 0 Å². The lowest BCUT2D eigenvalue weighted by atomic mass is 9.86. The minimum absolute atomic E-state index is 0. The van der Waals surface area contributed by atoms with Gasteiger partial charge in [-0.05, 0) is 16.7 Å². The van der Waals surface area contributed by atoms with Gasteiger partial charge in [0, 0.05) is 18.1 Å². The maximum absolute atomic E-state index is 2.30. The molecule has 0 aliphatic carbocycles. The molecule has 3 aromatic rings. The second kappa shape index (κ2) is 11.5. The predicted octanol–water partition coefficient (Wildman–Crippen LogP) is -1.74. The smallest absolute Gasteiger partial charge is 0.169 e. The first-order chi connectivity index (χ1) is 12.5. The van der Waals surface area contributed by atoms with Crippen LogP contribution in [0.15, 0.2) is 85.2 Å². The van der Waals surface area contributed by atoms with Gasteiger partial charge in [0.1, 0.15) is 0 Å². The minimum atomic E-state index is 0. The van der Waals surface area contributed by atoms with Gasteiger partial charge in [-0.3, -0.25) is 0 Å². The normalized spacial score (nSPS) is 10.9. The van der Waals surface area contributed by atoms with Gasteiger partial charge in [0.05, 0.1) is 34.1 Å². The van der Waals surface area contributed by atoms with Crippen LogP contribution in [0.3, 0.4) is 0 Å². The quantitative estimate of drug-likeness (QED) is 0.265. The van der Waals surface area contributed by atoms with Crippen molar-refractivity contribution in [1.82, 2.24) is 0 Å². The highest BCUT2D eigenvalue weighted by Gasteiger charge is 2.17. The third-order valence-electron chi connectivity index (χ3n) is 4.76. The summed E-state index contributed by atoms with van der Waals surface area (Å²) in [5.74, 6) is 0.276. The van der Waals surface area contributed by atoms with Crippen molar-refractivity contribution in [3.05, 3.63) is 102 Å². The Hall–Kier alpha value is -1.49. The van der Waals surface area contributed by atoms with E-state index in [1.165, 1.54) is 29.7 Å². The topological polar surface area (TPSA) is 3.88 Å². The van der Waals surface area contributed by atoms with Gasteiger partial charge in [-0.15, -0.1) is 0 Å². The van der Waals surface area contributed by atoms with Crippen LogP contribution in [0, 0.1) is 0 Å². The van der Waals surface area contributed by atoms with Crippen molar-refractivity contribution in [2.45, 2.75) is 18.9 Å². The maximum Gasteiger partial charge on any atom is 0.169 e. The molecular weight excluding hydrogens is 476 g/mol. The molecule has 0 aliphatic heterocycles. The van der Waals surface area contributed by atoms with Crippen LogP contribution in [-0.2, 0) is 6.54 Å². The fourth-order valence-electron chi connectivity index (χ4n) is 3.41. The number of quaternary nitrogens is 1. The predicted molar refractivity (Wildman–Crippen MR) is 108 cm³/mol. The highest BCUT2D eigenvalue weighted by atomic mass is 79.9. The van der Waals surface area contributed by atoms with Gasteiger partial charge in [-0.2, -0.15) is 0 Å². The number of nitrogens with zero attached hydrogens (tertiary/aromatic N) is 2. The highest BCUT2D eigenvalue weighted by Crippen LogP contribution is 2.31. The van der Waals surface area contributed by atoms with E-state index in [-0.39, 0.29) is 39.9 Å². The molecular formula is C24H30Br2N2. The zero-order valence-corrected chi connectivity index (χ0v) is 20.1. The van der Waals surface area contributed by atoms with Crippen molar-refractivity contribution < 1.29 is 43.0 Å². The molecule has 0 amide bonds. The lowest BCUT2D eigenvalue weighted by Crippen LogP contribution is -3.00. The molecule has 150 valence electrons. The Labute approximate surface area is 191 Å². The Bertz CT molecular complexity index is 758. The molecule has 0 spiro atoms. The van der Waals surface area contributed by atoms with E-state index in [0.717, 1.165) is 11.0 Å². The van der Waals surface area contributed by atoms with E-state index in [1.807, 2.05) is 0 Å². The van der Waals surface area contributed by atoms with Crippen molar-refractivity contribution in [1.29, 1.82) is 0 Å². The average molecular weight is 506 g/mol. The Morgan fingerprint density at radius 1 is 0.679 bits per heavy atom. The first-order valence-electron chi connectivity index (χ1n) is 9.42. The number of aryl methyl sites for hydroxylation is 1. The van der Waals surface area contributed by atoms with E-state index >= 15 is 0 Å². The monoisotopic (exact) mass is 504 g/mol. The van der Waals surface area contributed by atoms with Crippen molar-refractivity contribution in [2.75, 3.05) is 27.7 Å². The molecule has 4 heteroatoms. The summed E-state index contributed by atoms with van der Waals surface area (Å²) in [5, 5.41) is 0. The molecule has 1 heterocycles. The summed E-state index contributed by atoms with van der Waals surface area (Å²) in [6, 6.07) is 26.1. The molecule has 0 fully saturated rings. The lowest BCUT2D eigenvalue weighted by Gasteiger charge is -2.22. The molecule has 2 aromatic carbocycles. The van der Waals surface area contributed by atoms with Crippen molar-refractivity contribution in [2.24, 2.45) is 0 Å². The van der Waals surface area contributed by atoms with E-state index in [9.17, 15) is 0 Å². The second-order valence-electron chi connectivity index (χ2n) is 7.99. The molecule has 28 heavy (non-hydrogen) atoms. The summed E-state index contributed by atoms with van der Waals surface area (Å²) in [6.07, 6.45) is 5.64. The molecule has 0 atom stereocenters. The summed E-state index contributed by atoms with van der Waals surface area (Å²) in [7, 11) is 6.74. The van der Waals surface area contributed by atoms with Crippen LogP contribution in [0.4, 0.5) is 0 Å². The highest BCUT2D eigenvalue weighted by molar-refractivity contribution is 5.41. The molecule has 0 saturated carbocycles. The van der Waals surface area contributed by atoms with Gasteiger partial charge in [-0.1, -0.05) is 60.7 Å². The van der Waals surface area contributed by atoms with Crippen LogP contribution in [0.25, 0.3) is 0 Å². The number of halogens is 2. The molecule has 0 saturated heterocycles. The van der Waals surface area contributed by atoms with Crippen LogP contribution in [0.1, 0.15) is 29.0 Å². The van der Waals surface area contributed by atoms with Gasteiger partial charge >= 0.3 is 0 Å². The molecule has 0 bridgehead atoms. The Balaban J connectivity index is 0.00000196. The molecule has 0 aliphatic rings. The van der Waals surface area contributed by atoms with E-state index in [0.29, 0.717) is 0 Å². The number of hydrogen-bond donors (Lipinski definition) is 0. The first kappa shape index (κ1) is 24.5. The zero-order valence-electron chi connectivity index (χ0n) is 16.9. The van der Waals surface area contributed by atoms with Crippen LogP contribution in [0.2, 0.25) is 0 Å². The van der Waals surface area contributed by atoms with E-state index in [2.05, 4.69) is 111 Å². The molecule has 2 nitrogen and oxygen atoms in total. The largest absolute Gasteiger partial charge is 1.00 e. The Morgan fingerprint density at radius 2 is 1.11 bits per heavy atom. The van der Waals surface area contributed by atoms with E-state index in [1.54, 1.807) is 0 Å². The Morgan fingerprint density at radius 3 is 1.54 bits per heavy atom. The van der Waals surface area contributed by atoms with Gasteiger partial charge in [0.15, 0.2) is 18.9 Å². The number of pyridine rings is 1.